The Hall–Kier alpha value is -0.510. The number of alkyl halides is 1. The predicted octanol–water partition coefficient (Wildman–Crippen LogP) is 2.93. The fraction of sp³-hybridized carbons (Fsp3) is 0.545. The van der Waals surface area contributed by atoms with Crippen LogP contribution in [-0.2, 0) is 4.74 Å². The maximum Gasteiger partial charge on any atom is 0.126 e. The Morgan fingerprint density at radius 1 is 1.38 bits per heavy atom. The standard InChI is InChI=1S/C11H14Cl2N2O/c12-8-11(3-5-16-6-4-11)15-10-2-1-9(13)7-14-10/h1-2,7H,3-6,8H2,(H,14,15). The highest BCUT2D eigenvalue weighted by Gasteiger charge is 2.31. The van der Waals surface area contributed by atoms with Crippen molar-refractivity contribution in [1.29, 1.82) is 0 Å². The molecule has 16 heavy (non-hydrogen) atoms. The molecule has 0 radical (unpaired) electrons. The van der Waals surface area contributed by atoms with Gasteiger partial charge in [0.15, 0.2) is 0 Å². The van der Waals surface area contributed by atoms with Gasteiger partial charge >= 0.3 is 0 Å². The molecule has 0 aromatic carbocycles. The molecule has 1 N–H and O–H groups in total. The molecule has 0 spiro atoms. The lowest BCUT2D eigenvalue weighted by Crippen LogP contribution is -2.45. The Bertz CT molecular complexity index is 336. The number of nitrogens with one attached hydrogen (secondary N) is 1. The fourth-order valence-corrected chi connectivity index (χ4v) is 2.22. The second kappa shape index (κ2) is 5.21. The Balaban J connectivity index is 2.08. The van der Waals surface area contributed by atoms with Crippen molar-refractivity contribution < 1.29 is 4.74 Å². The first-order valence-corrected chi connectivity index (χ1v) is 6.19. The number of aromatic nitrogens is 1. The normalized spacial score (nSPS) is 19.4. The fourth-order valence-electron chi connectivity index (χ4n) is 1.78. The van der Waals surface area contributed by atoms with E-state index in [0.29, 0.717) is 10.9 Å². The van der Waals surface area contributed by atoms with Crippen LogP contribution >= 0.6 is 23.2 Å². The van der Waals surface area contributed by atoms with Gasteiger partial charge in [-0.05, 0) is 25.0 Å². The lowest BCUT2D eigenvalue weighted by atomic mass is 9.92. The smallest absolute Gasteiger partial charge is 0.126 e. The van der Waals surface area contributed by atoms with E-state index in [2.05, 4.69) is 10.3 Å². The molecule has 1 aliphatic rings. The predicted molar refractivity (Wildman–Crippen MR) is 66.4 cm³/mol. The van der Waals surface area contributed by atoms with Gasteiger partial charge in [0.05, 0.1) is 10.6 Å². The molecule has 0 amide bonds. The van der Waals surface area contributed by atoms with Crippen molar-refractivity contribution in [3.63, 3.8) is 0 Å². The van der Waals surface area contributed by atoms with Crippen LogP contribution in [0, 0.1) is 0 Å². The van der Waals surface area contributed by atoms with E-state index in [1.807, 2.05) is 12.1 Å². The van der Waals surface area contributed by atoms with Gasteiger partial charge in [-0.15, -0.1) is 11.6 Å². The van der Waals surface area contributed by atoms with E-state index in [0.717, 1.165) is 31.9 Å². The van der Waals surface area contributed by atoms with Crippen LogP contribution in [0.5, 0.6) is 0 Å². The summed E-state index contributed by atoms with van der Waals surface area (Å²) in [5.41, 5.74) is -0.0966. The third kappa shape index (κ3) is 2.78. The first-order valence-electron chi connectivity index (χ1n) is 5.28. The van der Waals surface area contributed by atoms with Crippen molar-refractivity contribution in [3.8, 4) is 0 Å². The van der Waals surface area contributed by atoms with Crippen LogP contribution < -0.4 is 5.32 Å². The summed E-state index contributed by atoms with van der Waals surface area (Å²) in [6.07, 6.45) is 3.44. The van der Waals surface area contributed by atoms with Crippen LogP contribution in [0.3, 0.4) is 0 Å². The molecular formula is C11H14Cl2N2O. The first kappa shape index (κ1) is 12.0. The summed E-state index contributed by atoms with van der Waals surface area (Å²) in [6, 6.07) is 3.68. The number of pyridine rings is 1. The molecular weight excluding hydrogens is 247 g/mol. The molecule has 0 aliphatic carbocycles. The van der Waals surface area contributed by atoms with E-state index < -0.39 is 0 Å². The van der Waals surface area contributed by atoms with E-state index in [1.165, 1.54) is 0 Å². The minimum Gasteiger partial charge on any atom is -0.381 e. The number of nitrogens with zero attached hydrogens (tertiary/aromatic N) is 1. The van der Waals surface area contributed by atoms with Crippen molar-refractivity contribution in [1.82, 2.24) is 4.98 Å². The van der Waals surface area contributed by atoms with Crippen LogP contribution in [0.15, 0.2) is 18.3 Å². The summed E-state index contributed by atoms with van der Waals surface area (Å²) < 4.78 is 5.34. The number of rotatable bonds is 3. The number of ether oxygens (including phenoxy) is 1. The maximum atomic E-state index is 6.05. The monoisotopic (exact) mass is 260 g/mol. The van der Waals surface area contributed by atoms with Gasteiger partial charge in [0, 0.05) is 25.3 Å². The first-order chi connectivity index (χ1) is 7.74. The molecule has 1 aliphatic heterocycles. The van der Waals surface area contributed by atoms with Crippen molar-refractivity contribution in [2.75, 3.05) is 24.4 Å². The van der Waals surface area contributed by atoms with Gasteiger partial charge in [0.1, 0.15) is 5.82 Å². The largest absolute Gasteiger partial charge is 0.381 e. The van der Waals surface area contributed by atoms with E-state index in [1.54, 1.807) is 6.20 Å². The Labute approximate surface area is 105 Å². The summed E-state index contributed by atoms with van der Waals surface area (Å²) in [7, 11) is 0. The molecule has 3 nitrogen and oxygen atoms in total. The van der Waals surface area contributed by atoms with Crippen LogP contribution in [0.2, 0.25) is 5.02 Å². The lowest BCUT2D eigenvalue weighted by molar-refractivity contribution is 0.0666. The van der Waals surface area contributed by atoms with Crippen LogP contribution in [-0.4, -0.2) is 29.6 Å². The third-order valence-corrected chi connectivity index (χ3v) is 3.56. The zero-order valence-corrected chi connectivity index (χ0v) is 10.4. The van der Waals surface area contributed by atoms with Crippen molar-refractivity contribution in [2.45, 2.75) is 18.4 Å². The molecule has 1 fully saturated rings. The topological polar surface area (TPSA) is 34.2 Å². The zero-order chi connectivity index (χ0) is 11.4. The molecule has 0 unspecified atom stereocenters. The molecule has 0 saturated carbocycles. The maximum absolute atomic E-state index is 6.05. The molecule has 1 aromatic heterocycles. The highest BCUT2D eigenvalue weighted by molar-refractivity contribution is 6.30. The second-order valence-electron chi connectivity index (χ2n) is 4.01. The zero-order valence-electron chi connectivity index (χ0n) is 8.88. The average Bonchev–Trinajstić information content (AvgIpc) is 2.33. The highest BCUT2D eigenvalue weighted by Crippen LogP contribution is 2.26. The summed E-state index contributed by atoms with van der Waals surface area (Å²) in [6.45, 7) is 1.49. The van der Waals surface area contributed by atoms with Crippen LogP contribution in [0.1, 0.15) is 12.8 Å². The highest BCUT2D eigenvalue weighted by atomic mass is 35.5. The Morgan fingerprint density at radius 2 is 2.12 bits per heavy atom. The minimum atomic E-state index is -0.0966. The average molecular weight is 261 g/mol. The third-order valence-electron chi connectivity index (χ3n) is 2.83. The quantitative estimate of drug-likeness (QED) is 0.849. The van der Waals surface area contributed by atoms with Gasteiger partial charge in [-0.25, -0.2) is 4.98 Å². The Morgan fingerprint density at radius 3 is 2.69 bits per heavy atom. The molecule has 0 bridgehead atoms. The van der Waals surface area contributed by atoms with Gasteiger partial charge in [-0.3, -0.25) is 0 Å². The van der Waals surface area contributed by atoms with Crippen molar-refractivity contribution in [2.24, 2.45) is 0 Å². The SMILES string of the molecule is ClCC1(Nc2ccc(Cl)cn2)CCOCC1. The van der Waals surface area contributed by atoms with Gasteiger partial charge in [-0.2, -0.15) is 0 Å². The van der Waals surface area contributed by atoms with E-state index >= 15 is 0 Å². The molecule has 5 heteroatoms. The van der Waals surface area contributed by atoms with Crippen molar-refractivity contribution in [3.05, 3.63) is 23.4 Å². The number of hydrogen-bond acceptors (Lipinski definition) is 3. The van der Waals surface area contributed by atoms with Crippen molar-refractivity contribution >= 4 is 29.0 Å². The number of hydrogen-bond donors (Lipinski definition) is 1. The summed E-state index contributed by atoms with van der Waals surface area (Å²) >= 11 is 11.8. The summed E-state index contributed by atoms with van der Waals surface area (Å²) in [4.78, 5) is 4.22. The molecule has 1 saturated heterocycles. The molecule has 88 valence electrons. The Kier molecular flexibility index (Phi) is 3.90. The minimum absolute atomic E-state index is 0.0966. The molecule has 1 aromatic rings. The number of anilines is 1. The molecule has 0 atom stereocenters. The van der Waals surface area contributed by atoms with E-state index in [4.69, 9.17) is 27.9 Å². The van der Waals surface area contributed by atoms with Gasteiger partial charge in [0.25, 0.3) is 0 Å². The van der Waals surface area contributed by atoms with Gasteiger partial charge in [-0.1, -0.05) is 11.6 Å². The van der Waals surface area contributed by atoms with Crippen LogP contribution in [0.25, 0.3) is 0 Å². The van der Waals surface area contributed by atoms with Crippen LogP contribution in [0.4, 0.5) is 5.82 Å². The van der Waals surface area contributed by atoms with E-state index in [-0.39, 0.29) is 5.54 Å². The molecule has 2 heterocycles. The summed E-state index contributed by atoms with van der Waals surface area (Å²) in [5.74, 6) is 1.37. The van der Waals surface area contributed by atoms with Gasteiger partial charge < -0.3 is 10.1 Å². The summed E-state index contributed by atoms with van der Waals surface area (Å²) in [5, 5.41) is 4.03. The second-order valence-corrected chi connectivity index (χ2v) is 4.72. The molecule has 2 rings (SSSR count). The lowest BCUT2D eigenvalue weighted by Gasteiger charge is -2.36. The number of halogens is 2. The van der Waals surface area contributed by atoms with Gasteiger partial charge in [0.2, 0.25) is 0 Å². The van der Waals surface area contributed by atoms with E-state index in [9.17, 15) is 0 Å².